The van der Waals surface area contributed by atoms with Gasteiger partial charge in [-0.15, -0.1) is 0 Å². The first-order chi connectivity index (χ1) is 13.7. The van der Waals surface area contributed by atoms with E-state index in [1.54, 1.807) is 0 Å². The lowest BCUT2D eigenvalue weighted by Gasteiger charge is -2.31. The van der Waals surface area contributed by atoms with Gasteiger partial charge in [-0.3, -0.25) is 15.0 Å². The van der Waals surface area contributed by atoms with Crippen molar-refractivity contribution < 1.29 is 13.3 Å². The summed E-state index contributed by atoms with van der Waals surface area (Å²) >= 11 is 0. The van der Waals surface area contributed by atoms with E-state index in [0.29, 0.717) is 18.2 Å². The molecule has 0 radical (unpaired) electrons. The molecular weight excluding hydrogens is 390 g/mol. The Bertz CT molecular complexity index is 991. The number of sulfone groups is 1. The molecule has 0 aromatic heterocycles. The summed E-state index contributed by atoms with van der Waals surface area (Å²) in [6.07, 6.45) is 3.52. The SMILES string of the molecule is CC1CCCN(Cc2ccccc2CNc2ccc(S(C)(=O)=O)cc2[N+](=O)[O-])C1. The average Bonchev–Trinajstić information content (AvgIpc) is 2.66. The van der Waals surface area contributed by atoms with Crippen molar-refractivity contribution in [3.63, 3.8) is 0 Å². The van der Waals surface area contributed by atoms with E-state index < -0.39 is 14.8 Å². The molecule has 1 aliphatic rings. The van der Waals surface area contributed by atoms with Crippen LogP contribution in [0, 0.1) is 16.0 Å². The standard InChI is InChI=1S/C21H27N3O4S/c1-16-6-5-11-23(14-16)15-18-8-4-3-7-17(18)13-22-20-10-9-19(29(2,27)28)12-21(20)24(25)26/h3-4,7-10,12,16,22H,5-6,11,13-15H2,1-2H3. The van der Waals surface area contributed by atoms with Gasteiger partial charge >= 0.3 is 0 Å². The van der Waals surface area contributed by atoms with Crippen LogP contribution >= 0.6 is 0 Å². The highest BCUT2D eigenvalue weighted by Gasteiger charge is 2.20. The second-order valence-electron chi connectivity index (χ2n) is 7.81. The Morgan fingerprint density at radius 2 is 1.93 bits per heavy atom. The highest BCUT2D eigenvalue weighted by molar-refractivity contribution is 7.90. The van der Waals surface area contributed by atoms with Gasteiger partial charge in [0.05, 0.1) is 9.82 Å². The maximum Gasteiger partial charge on any atom is 0.293 e. The molecular formula is C21H27N3O4S. The van der Waals surface area contributed by atoms with Crippen molar-refractivity contribution in [2.24, 2.45) is 5.92 Å². The number of hydrogen-bond donors (Lipinski definition) is 1. The quantitative estimate of drug-likeness (QED) is 0.543. The van der Waals surface area contributed by atoms with Crippen LogP contribution in [0.4, 0.5) is 11.4 Å². The molecule has 156 valence electrons. The molecule has 2 aromatic carbocycles. The van der Waals surface area contributed by atoms with Crippen molar-refractivity contribution >= 4 is 21.2 Å². The molecule has 0 spiro atoms. The van der Waals surface area contributed by atoms with Crippen LogP contribution in [0.15, 0.2) is 47.4 Å². The van der Waals surface area contributed by atoms with Crippen LogP contribution in [0.5, 0.6) is 0 Å². The van der Waals surface area contributed by atoms with Crippen molar-refractivity contribution in [1.29, 1.82) is 0 Å². The van der Waals surface area contributed by atoms with Crippen LogP contribution in [-0.4, -0.2) is 37.6 Å². The van der Waals surface area contributed by atoms with E-state index in [-0.39, 0.29) is 10.6 Å². The zero-order valence-electron chi connectivity index (χ0n) is 16.8. The predicted octanol–water partition coefficient (Wildman–Crippen LogP) is 3.84. The maximum atomic E-state index is 11.7. The van der Waals surface area contributed by atoms with Gasteiger partial charge in [0.2, 0.25) is 0 Å². The van der Waals surface area contributed by atoms with Gasteiger partial charge in [-0.1, -0.05) is 31.2 Å². The zero-order valence-corrected chi connectivity index (χ0v) is 17.6. The molecule has 1 fully saturated rings. The van der Waals surface area contributed by atoms with Crippen molar-refractivity contribution in [3.8, 4) is 0 Å². The Balaban J connectivity index is 1.77. The Hall–Kier alpha value is -2.45. The van der Waals surface area contributed by atoms with Crippen molar-refractivity contribution in [1.82, 2.24) is 4.90 Å². The normalized spacial score (nSPS) is 17.8. The predicted molar refractivity (Wildman–Crippen MR) is 114 cm³/mol. The first kappa shape index (κ1) is 21.3. The minimum Gasteiger partial charge on any atom is -0.375 e. The molecule has 1 N–H and O–H groups in total. The van der Waals surface area contributed by atoms with Crippen molar-refractivity contribution in [2.75, 3.05) is 24.7 Å². The van der Waals surface area contributed by atoms with Crippen LogP contribution < -0.4 is 5.32 Å². The Morgan fingerprint density at radius 3 is 2.59 bits per heavy atom. The molecule has 0 amide bonds. The Kier molecular flexibility index (Phi) is 6.54. The van der Waals surface area contributed by atoms with Crippen molar-refractivity contribution in [2.45, 2.75) is 37.8 Å². The minimum absolute atomic E-state index is 0.0608. The number of anilines is 1. The van der Waals surface area contributed by atoms with Gasteiger partial charge in [-0.05, 0) is 48.6 Å². The summed E-state index contributed by atoms with van der Waals surface area (Å²) < 4.78 is 23.4. The third kappa shape index (κ3) is 5.55. The summed E-state index contributed by atoms with van der Waals surface area (Å²) in [5.74, 6) is 0.699. The van der Waals surface area contributed by atoms with Crippen LogP contribution in [0.2, 0.25) is 0 Å². The smallest absolute Gasteiger partial charge is 0.293 e. The third-order valence-corrected chi connectivity index (χ3v) is 6.43. The summed E-state index contributed by atoms with van der Waals surface area (Å²) in [4.78, 5) is 13.3. The molecule has 29 heavy (non-hydrogen) atoms. The molecule has 0 bridgehead atoms. The molecule has 3 rings (SSSR count). The van der Waals surface area contributed by atoms with E-state index in [9.17, 15) is 18.5 Å². The van der Waals surface area contributed by atoms with Gasteiger partial charge in [-0.2, -0.15) is 0 Å². The summed E-state index contributed by atoms with van der Waals surface area (Å²) in [7, 11) is -3.51. The van der Waals surface area contributed by atoms with E-state index in [1.807, 2.05) is 18.2 Å². The van der Waals surface area contributed by atoms with E-state index in [0.717, 1.165) is 37.5 Å². The number of nitro benzene ring substituents is 1. The minimum atomic E-state index is -3.51. The van der Waals surface area contributed by atoms with Crippen molar-refractivity contribution in [3.05, 3.63) is 63.7 Å². The Labute approximate surface area is 171 Å². The highest BCUT2D eigenvalue weighted by Crippen LogP contribution is 2.28. The second-order valence-corrected chi connectivity index (χ2v) is 9.83. The molecule has 2 aromatic rings. The van der Waals surface area contributed by atoms with E-state index in [1.165, 1.54) is 30.5 Å². The number of nitro groups is 1. The molecule has 7 nitrogen and oxygen atoms in total. The number of nitrogens with one attached hydrogen (secondary N) is 1. The highest BCUT2D eigenvalue weighted by atomic mass is 32.2. The van der Waals surface area contributed by atoms with Gasteiger partial charge < -0.3 is 5.32 Å². The molecule has 8 heteroatoms. The molecule has 1 heterocycles. The summed E-state index contributed by atoms with van der Waals surface area (Å²) in [5.41, 5.74) is 2.34. The summed E-state index contributed by atoms with van der Waals surface area (Å²) in [6, 6.07) is 12.0. The molecule has 1 atom stereocenters. The van der Waals surface area contributed by atoms with Gasteiger partial charge in [0.25, 0.3) is 5.69 Å². The lowest BCUT2D eigenvalue weighted by atomic mass is 9.99. The van der Waals surface area contributed by atoms with Crippen LogP contribution in [-0.2, 0) is 22.9 Å². The summed E-state index contributed by atoms with van der Waals surface area (Å²) in [5, 5.41) is 14.6. The average molecular weight is 418 g/mol. The van der Waals surface area contributed by atoms with Crippen LogP contribution in [0.3, 0.4) is 0 Å². The van der Waals surface area contributed by atoms with Gasteiger partial charge in [0.15, 0.2) is 9.84 Å². The lowest BCUT2D eigenvalue weighted by Crippen LogP contribution is -2.34. The fourth-order valence-corrected chi connectivity index (χ4v) is 4.43. The second kappa shape index (κ2) is 8.92. The fourth-order valence-electron chi connectivity index (χ4n) is 3.79. The van der Waals surface area contributed by atoms with Gasteiger partial charge in [-0.25, -0.2) is 8.42 Å². The van der Waals surface area contributed by atoms with Crippen LogP contribution in [0.1, 0.15) is 30.9 Å². The number of likely N-dealkylation sites (tertiary alicyclic amines) is 1. The number of piperidine rings is 1. The lowest BCUT2D eigenvalue weighted by molar-refractivity contribution is -0.384. The van der Waals surface area contributed by atoms with E-state index in [2.05, 4.69) is 23.2 Å². The molecule has 1 unspecified atom stereocenters. The van der Waals surface area contributed by atoms with Crippen LogP contribution in [0.25, 0.3) is 0 Å². The monoisotopic (exact) mass is 417 g/mol. The van der Waals surface area contributed by atoms with Gasteiger partial charge in [0, 0.05) is 32.0 Å². The first-order valence-corrected chi connectivity index (χ1v) is 11.6. The Morgan fingerprint density at radius 1 is 1.21 bits per heavy atom. The third-order valence-electron chi connectivity index (χ3n) is 5.32. The number of benzene rings is 2. The largest absolute Gasteiger partial charge is 0.375 e. The zero-order chi connectivity index (χ0) is 21.0. The van der Waals surface area contributed by atoms with Gasteiger partial charge in [0.1, 0.15) is 5.69 Å². The van der Waals surface area contributed by atoms with E-state index in [4.69, 9.17) is 0 Å². The molecule has 0 saturated carbocycles. The topological polar surface area (TPSA) is 92.6 Å². The maximum absolute atomic E-state index is 11.7. The number of rotatable bonds is 7. The number of hydrogen-bond acceptors (Lipinski definition) is 6. The fraction of sp³-hybridized carbons (Fsp3) is 0.429. The summed E-state index contributed by atoms with van der Waals surface area (Å²) in [6.45, 7) is 5.74. The van der Waals surface area contributed by atoms with E-state index >= 15 is 0 Å². The molecule has 1 aliphatic heterocycles. The molecule has 0 aliphatic carbocycles. The molecule has 1 saturated heterocycles. The first-order valence-electron chi connectivity index (χ1n) is 9.75. The number of nitrogens with zero attached hydrogens (tertiary/aromatic N) is 2.